The van der Waals surface area contributed by atoms with Crippen LogP contribution in [0.15, 0.2) is 24.3 Å². The smallest absolute Gasteiger partial charge is 0.296 e. The van der Waals surface area contributed by atoms with Gasteiger partial charge >= 0.3 is 0 Å². The molecular formula is C18H21F2N7O3S. The lowest BCUT2D eigenvalue weighted by Gasteiger charge is -2.27. The topological polar surface area (TPSA) is 115 Å². The van der Waals surface area contributed by atoms with E-state index in [4.69, 9.17) is 4.74 Å². The molecule has 2 aromatic heterocycles. The maximum atomic E-state index is 13.8. The summed E-state index contributed by atoms with van der Waals surface area (Å²) < 4.78 is 57.0. The van der Waals surface area contributed by atoms with Crippen LogP contribution in [0.4, 0.5) is 20.7 Å². The number of nitrogens with zero attached hydrogens (tertiary/aromatic N) is 6. The van der Waals surface area contributed by atoms with E-state index in [-0.39, 0.29) is 30.1 Å². The van der Waals surface area contributed by atoms with Crippen LogP contribution >= 0.6 is 0 Å². The van der Waals surface area contributed by atoms with E-state index in [9.17, 15) is 17.2 Å². The number of para-hydroxylation sites is 2. The van der Waals surface area contributed by atoms with Crippen LogP contribution in [-0.4, -0.2) is 77.8 Å². The van der Waals surface area contributed by atoms with Gasteiger partial charge < -0.3 is 15.0 Å². The van der Waals surface area contributed by atoms with Gasteiger partial charge in [0.2, 0.25) is 17.8 Å². The number of morpholine rings is 1. The molecule has 0 radical (unpaired) electrons. The summed E-state index contributed by atoms with van der Waals surface area (Å²) in [7, 11) is -3.20. The number of nitrogens with one attached hydrogen (secondary N) is 1. The van der Waals surface area contributed by atoms with E-state index in [1.165, 1.54) is 4.57 Å². The second-order valence-electron chi connectivity index (χ2n) is 7.01. The number of fused-ring (bicyclic) bond motifs is 1. The number of alkyl halides is 2. The molecule has 0 atom stereocenters. The summed E-state index contributed by atoms with van der Waals surface area (Å²) in [5.41, 5.74) is 0.816. The molecule has 3 aromatic rings. The van der Waals surface area contributed by atoms with Gasteiger partial charge in [0, 0.05) is 25.9 Å². The van der Waals surface area contributed by atoms with Crippen LogP contribution in [0.2, 0.25) is 0 Å². The monoisotopic (exact) mass is 453 g/mol. The first-order chi connectivity index (χ1) is 14.8. The summed E-state index contributed by atoms with van der Waals surface area (Å²) in [6, 6.07) is 6.71. The molecule has 3 heterocycles. The van der Waals surface area contributed by atoms with Gasteiger partial charge in [-0.2, -0.15) is 15.0 Å². The van der Waals surface area contributed by atoms with Crippen molar-refractivity contribution in [3.05, 3.63) is 30.1 Å². The van der Waals surface area contributed by atoms with E-state index < -0.39 is 22.1 Å². The molecule has 1 saturated heterocycles. The molecule has 0 spiro atoms. The van der Waals surface area contributed by atoms with Gasteiger partial charge in [0.25, 0.3) is 6.43 Å². The number of rotatable bonds is 7. The molecular weight excluding hydrogens is 432 g/mol. The molecule has 1 fully saturated rings. The van der Waals surface area contributed by atoms with Gasteiger partial charge in [0.05, 0.1) is 30.0 Å². The van der Waals surface area contributed by atoms with Crippen LogP contribution in [0, 0.1) is 0 Å². The van der Waals surface area contributed by atoms with Gasteiger partial charge in [-0.3, -0.25) is 4.57 Å². The molecule has 166 valence electrons. The normalized spacial score (nSPS) is 15.0. The summed E-state index contributed by atoms with van der Waals surface area (Å²) in [4.78, 5) is 19.0. The molecule has 1 aromatic carbocycles. The Kier molecular flexibility index (Phi) is 5.96. The van der Waals surface area contributed by atoms with Gasteiger partial charge in [-0.1, -0.05) is 12.1 Å². The van der Waals surface area contributed by atoms with E-state index in [2.05, 4.69) is 25.3 Å². The molecule has 31 heavy (non-hydrogen) atoms. The zero-order valence-corrected chi connectivity index (χ0v) is 17.5. The van der Waals surface area contributed by atoms with Crippen LogP contribution in [-0.2, 0) is 14.6 Å². The van der Waals surface area contributed by atoms with Crippen molar-refractivity contribution in [1.29, 1.82) is 0 Å². The Balaban J connectivity index is 1.80. The van der Waals surface area contributed by atoms with Crippen LogP contribution < -0.4 is 10.2 Å². The number of anilines is 2. The Morgan fingerprint density at radius 3 is 2.52 bits per heavy atom. The van der Waals surface area contributed by atoms with Gasteiger partial charge in [0.1, 0.15) is 9.84 Å². The zero-order valence-electron chi connectivity index (χ0n) is 16.7. The molecule has 0 amide bonds. The van der Waals surface area contributed by atoms with Crippen molar-refractivity contribution < 1.29 is 21.9 Å². The fourth-order valence-electron chi connectivity index (χ4n) is 3.19. The lowest BCUT2D eigenvalue weighted by molar-refractivity contribution is 0.122. The van der Waals surface area contributed by atoms with Crippen LogP contribution in [0.25, 0.3) is 17.0 Å². The fraction of sp³-hybridized carbons (Fsp3) is 0.444. The summed E-state index contributed by atoms with van der Waals surface area (Å²) >= 11 is 0. The first-order valence-corrected chi connectivity index (χ1v) is 11.6. The lowest BCUT2D eigenvalue weighted by atomic mass is 10.3. The predicted molar refractivity (Wildman–Crippen MR) is 111 cm³/mol. The van der Waals surface area contributed by atoms with E-state index in [1.54, 1.807) is 24.3 Å². The van der Waals surface area contributed by atoms with Crippen molar-refractivity contribution in [3.8, 4) is 5.95 Å². The molecule has 0 aliphatic carbocycles. The third-order valence-electron chi connectivity index (χ3n) is 4.64. The van der Waals surface area contributed by atoms with E-state index in [0.717, 1.165) is 6.26 Å². The molecule has 1 aliphatic rings. The average Bonchev–Trinajstić information content (AvgIpc) is 3.13. The molecule has 1 N–H and O–H groups in total. The van der Waals surface area contributed by atoms with E-state index in [0.29, 0.717) is 37.3 Å². The molecule has 13 heteroatoms. The minimum absolute atomic E-state index is 0.0256. The van der Waals surface area contributed by atoms with Crippen LogP contribution in [0.5, 0.6) is 0 Å². The number of imidazole rings is 1. The maximum absolute atomic E-state index is 13.8. The number of aromatic nitrogens is 5. The van der Waals surface area contributed by atoms with Crippen molar-refractivity contribution in [2.24, 2.45) is 0 Å². The second kappa shape index (κ2) is 8.67. The minimum Gasteiger partial charge on any atom is -0.378 e. The van der Waals surface area contributed by atoms with Crippen molar-refractivity contribution in [1.82, 2.24) is 24.5 Å². The molecule has 0 unspecified atom stereocenters. The van der Waals surface area contributed by atoms with Crippen molar-refractivity contribution in [3.63, 3.8) is 0 Å². The number of halogens is 2. The fourth-order valence-corrected chi connectivity index (χ4v) is 3.66. The Hall–Kier alpha value is -2.93. The minimum atomic E-state index is -3.20. The average molecular weight is 453 g/mol. The summed E-state index contributed by atoms with van der Waals surface area (Å²) in [5.74, 6) is -0.261. The number of hydrogen-bond donors (Lipinski definition) is 1. The third kappa shape index (κ3) is 4.88. The number of ether oxygens (including phenoxy) is 1. The highest BCUT2D eigenvalue weighted by molar-refractivity contribution is 7.90. The number of sulfone groups is 1. The largest absolute Gasteiger partial charge is 0.378 e. The SMILES string of the molecule is CS(=O)(=O)CCNc1nc(N2CCOCC2)nc(-n2c(C(F)F)nc3ccccc32)n1. The number of hydrogen-bond acceptors (Lipinski definition) is 9. The summed E-state index contributed by atoms with van der Waals surface area (Å²) in [6.07, 6.45) is -1.73. The standard InChI is InChI=1S/C18H21F2N7O3S/c1-31(28,29)11-6-21-16-23-17(26-7-9-30-10-8-26)25-18(24-16)27-13-5-3-2-4-12(13)22-15(27)14(19)20/h2-5,14H,6-11H2,1H3,(H,21,23,24,25). The second-order valence-corrected chi connectivity index (χ2v) is 9.27. The highest BCUT2D eigenvalue weighted by Gasteiger charge is 2.24. The molecule has 0 bridgehead atoms. The van der Waals surface area contributed by atoms with E-state index >= 15 is 0 Å². The quantitative estimate of drug-likeness (QED) is 0.567. The van der Waals surface area contributed by atoms with Crippen molar-refractivity contribution >= 4 is 32.8 Å². The highest BCUT2D eigenvalue weighted by Crippen LogP contribution is 2.27. The van der Waals surface area contributed by atoms with Crippen molar-refractivity contribution in [2.75, 3.05) is 55.1 Å². The van der Waals surface area contributed by atoms with Crippen molar-refractivity contribution in [2.45, 2.75) is 6.43 Å². The summed E-state index contributed by atoms with van der Waals surface area (Å²) in [5, 5.41) is 2.86. The maximum Gasteiger partial charge on any atom is 0.296 e. The molecule has 0 saturated carbocycles. The highest BCUT2D eigenvalue weighted by atomic mass is 32.2. The first kappa shape index (κ1) is 21.3. The van der Waals surface area contributed by atoms with Crippen LogP contribution in [0.1, 0.15) is 12.2 Å². The Bertz CT molecular complexity index is 1180. The zero-order chi connectivity index (χ0) is 22.0. The lowest BCUT2D eigenvalue weighted by Crippen LogP contribution is -2.37. The summed E-state index contributed by atoms with van der Waals surface area (Å²) in [6.45, 7) is 2.08. The van der Waals surface area contributed by atoms with E-state index in [1.807, 2.05) is 4.90 Å². The van der Waals surface area contributed by atoms with Gasteiger partial charge in [-0.05, 0) is 12.1 Å². The van der Waals surface area contributed by atoms with Gasteiger partial charge in [0.15, 0.2) is 5.82 Å². The number of benzene rings is 1. The Morgan fingerprint density at radius 2 is 1.81 bits per heavy atom. The Labute approximate surface area is 177 Å². The third-order valence-corrected chi connectivity index (χ3v) is 5.59. The molecule has 10 nitrogen and oxygen atoms in total. The molecule has 4 rings (SSSR count). The molecule has 1 aliphatic heterocycles. The predicted octanol–water partition coefficient (Wildman–Crippen LogP) is 1.44. The first-order valence-electron chi connectivity index (χ1n) is 9.58. The van der Waals surface area contributed by atoms with Crippen LogP contribution in [0.3, 0.4) is 0 Å². The van der Waals surface area contributed by atoms with Gasteiger partial charge in [-0.15, -0.1) is 0 Å². The van der Waals surface area contributed by atoms with Gasteiger partial charge in [-0.25, -0.2) is 22.2 Å². The Morgan fingerprint density at radius 1 is 1.10 bits per heavy atom.